The number of fused-ring (bicyclic) bond motifs is 1. The lowest BCUT2D eigenvalue weighted by atomic mass is 10.1. The summed E-state index contributed by atoms with van der Waals surface area (Å²) in [5.74, 6) is -0.259. The molecule has 0 saturated carbocycles. The summed E-state index contributed by atoms with van der Waals surface area (Å²) in [6.07, 6.45) is 9.80. The van der Waals surface area contributed by atoms with Crippen molar-refractivity contribution in [1.82, 2.24) is 18.7 Å². The molecule has 160 valence electrons. The molecule has 31 heavy (non-hydrogen) atoms. The summed E-state index contributed by atoms with van der Waals surface area (Å²) in [6.45, 7) is 0.0137. The number of nitrogens with zero attached hydrogens (tertiary/aromatic N) is 2. The van der Waals surface area contributed by atoms with Gasteiger partial charge in [0.05, 0.1) is 17.8 Å². The number of nitrogens with two attached hydrogens (primary N) is 1. The minimum absolute atomic E-state index is 0.0137. The van der Waals surface area contributed by atoms with Crippen molar-refractivity contribution in [2.75, 3.05) is 11.9 Å². The molecule has 0 radical (unpaired) electrons. The van der Waals surface area contributed by atoms with Crippen molar-refractivity contribution in [3.8, 4) is 0 Å². The molecule has 4 rings (SSSR count). The zero-order chi connectivity index (χ0) is 21.8. The Labute approximate surface area is 184 Å². The standard InChI is InChI=1S/C20H20N6O3S2/c21-17(12-24-31(28,29)19-2-1-11-26-18(19)13-23-30-26)14-3-5-15(6-4-14)20(27)25-16-7-9-22-10-8-16/h1-11,13,17,23-24H,12,21H2,(H,22,25,27). The first-order valence-electron chi connectivity index (χ1n) is 9.31. The van der Waals surface area contributed by atoms with Crippen molar-refractivity contribution in [3.63, 3.8) is 0 Å². The molecule has 3 heterocycles. The molecule has 1 aromatic heterocycles. The van der Waals surface area contributed by atoms with Crippen LogP contribution >= 0.6 is 12.1 Å². The van der Waals surface area contributed by atoms with Crippen LogP contribution in [0.25, 0.3) is 0 Å². The molecule has 11 heteroatoms. The van der Waals surface area contributed by atoms with Crippen LogP contribution < -0.4 is 20.5 Å². The van der Waals surface area contributed by atoms with Crippen molar-refractivity contribution >= 4 is 33.8 Å². The Morgan fingerprint density at radius 2 is 1.94 bits per heavy atom. The number of carbonyl (C=O) groups is 1. The van der Waals surface area contributed by atoms with Gasteiger partial charge in [0.2, 0.25) is 10.0 Å². The number of sulfonamides is 1. The molecule has 0 saturated heterocycles. The number of allylic oxidation sites excluding steroid dienone is 2. The molecular formula is C20H20N6O3S2. The topological polar surface area (TPSA) is 129 Å². The number of anilines is 1. The number of hydrogen-bond donors (Lipinski definition) is 4. The van der Waals surface area contributed by atoms with E-state index in [1.54, 1.807) is 77.6 Å². The number of pyridine rings is 1. The summed E-state index contributed by atoms with van der Waals surface area (Å²) < 4.78 is 32.7. The first kappa shape index (κ1) is 21.1. The fraction of sp³-hybridized carbons (Fsp3) is 0.100. The molecule has 1 unspecified atom stereocenters. The van der Waals surface area contributed by atoms with Crippen LogP contribution in [0.3, 0.4) is 0 Å². The van der Waals surface area contributed by atoms with Crippen molar-refractivity contribution in [2.24, 2.45) is 5.73 Å². The summed E-state index contributed by atoms with van der Waals surface area (Å²) in [4.78, 5) is 16.4. The van der Waals surface area contributed by atoms with Gasteiger partial charge in [-0.25, -0.2) is 13.1 Å². The molecular weight excluding hydrogens is 436 g/mol. The predicted molar refractivity (Wildman–Crippen MR) is 120 cm³/mol. The van der Waals surface area contributed by atoms with Gasteiger partial charge in [-0.1, -0.05) is 12.1 Å². The summed E-state index contributed by atoms with van der Waals surface area (Å²) in [5.41, 5.74) is 8.55. The quantitative estimate of drug-likeness (QED) is 0.466. The third-order valence-electron chi connectivity index (χ3n) is 4.63. The fourth-order valence-corrected chi connectivity index (χ4v) is 4.94. The number of carbonyl (C=O) groups excluding carboxylic acids is 1. The molecule has 9 nitrogen and oxygen atoms in total. The van der Waals surface area contributed by atoms with Gasteiger partial charge in [-0.3, -0.25) is 14.1 Å². The third-order valence-corrected chi connectivity index (χ3v) is 6.84. The van der Waals surface area contributed by atoms with Crippen LogP contribution in [0.2, 0.25) is 0 Å². The highest BCUT2D eigenvalue weighted by molar-refractivity contribution is 7.96. The van der Waals surface area contributed by atoms with Gasteiger partial charge in [0, 0.05) is 48.6 Å². The minimum atomic E-state index is -3.75. The lowest BCUT2D eigenvalue weighted by Crippen LogP contribution is -2.34. The van der Waals surface area contributed by atoms with Crippen LogP contribution in [-0.4, -0.2) is 30.2 Å². The Kier molecular flexibility index (Phi) is 6.09. The van der Waals surface area contributed by atoms with Gasteiger partial charge in [-0.2, -0.15) is 0 Å². The van der Waals surface area contributed by atoms with E-state index in [1.807, 2.05) is 0 Å². The smallest absolute Gasteiger partial charge is 0.255 e. The summed E-state index contributed by atoms with van der Waals surface area (Å²) in [6, 6.07) is 9.55. The lowest BCUT2D eigenvalue weighted by molar-refractivity contribution is 0.102. The first-order chi connectivity index (χ1) is 14.9. The second-order valence-corrected chi connectivity index (χ2v) is 9.25. The van der Waals surface area contributed by atoms with E-state index in [4.69, 9.17) is 5.73 Å². The van der Waals surface area contributed by atoms with E-state index in [0.29, 0.717) is 22.5 Å². The average molecular weight is 457 g/mol. The maximum Gasteiger partial charge on any atom is 0.255 e. The second kappa shape index (κ2) is 8.94. The predicted octanol–water partition coefficient (Wildman–Crippen LogP) is 1.97. The van der Waals surface area contributed by atoms with Crippen LogP contribution in [-0.2, 0) is 10.0 Å². The highest BCUT2D eigenvalue weighted by atomic mass is 32.2. The molecule has 0 bridgehead atoms. The number of aromatic nitrogens is 1. The van der Waals surface area contributed by atoms with Crippen LogP contribution in [0.5, 0.6) is 0 Å². The number of nitrogens with one attached hydrogen (secondary N) is 3. The van der Waals surface area contributed by atoms with Crippen molar-refractivity contribution < 1.29 is 13.2 Å². The molecule has 0 fully saturated rings. The van der Waals surface area contributed by atoms with Gasteiger partial charge in [0.25, 0.3) is 5.91 Å². The van der Waals surface area contributed by atoms with E-state index in [1.165, 1.54) is 12.1 Å². The fourth-order valence-electron chi connectivity index (χ4n) is 2.98. The van der Waals surface area contributed by atoms with E-state index >= 15 is 0 Å². The molecule has 1 aromatic carbocycles. The van der Waals surface area contributed by atoms with E-state index in [0.717, 1.165) is 0 Å². The van der Waals surface area contributed by atoms with E-state index in [9.17, 15) is 13.2 Å². The highest BCUT2D eigenvalue weighted by Crippen LogP contribution is 2.32. The molecule has 0 spiro atoms. The molecule has 1 amide bonds. The first-order valence-corrected chi connectivity index (χ1v) is 11.6. The van der Waals surface area contributed by atoms with E-state index in [2.05, 4.69) is 19.7 Å². The lowest BCUT2D eigenvalue weighted by Gasteiger charge is -2.21. The molecule has 2 aliphatic rings. The Balaban J connectivity index is 1.37. The van der Waals surface area contributed by atoms with E-state index < -0.39 is 16.1 Å². The normalized spacial score (nSPS) is 16.1. The Morgan fingerprint density at radius 1 is 1.19 bits per heavy atom. The molecule has 0 aliphatic carbocycles. The van der Waals surface area contributed by atoms with Crippen molar-refractivity contribution in [3.05, 3.63) is 95.1 Å². The maximum atomic E-state index is 12.8. The minimum Gasteiger partial charge on any atom is -0.323 e. The van der Waals surface area contributed by atoms with Crippen LogP contribution in [0.4, 0.5) is 5.69 Å². The van der Waals surface area contributed by atoms with Gasteiger partial charge in [0.15, 0.2) is 0 Å². The average Bonchev–Trinajstić information content (AvgIpc) is 3.27. The monoisotopic (exact) mass is 456 g/mol. The molecule has 2 aromatic rings. The van der Waals surface area contributed by atoms with Crippen LogP contribution in [0.1, 0.15) is 22.0 Å². The van der Waals surface area contributed by atoms with Gasteiger partial charge in [-0.05, 0) is 42.0 Å². The van der Waals surface area contributed by atoms with Crippen molar-refractivity contribution in [2.45, 2.75) is 6.04 Å². The summed E-state index contributed by atoms with van der Waals surface area (Å²) in [7, 11) is -3.75. The Morgan fingerprint density at radius 3 is 2.68 bits per heavy atom. The van der Waals surface area contributed by atoms with Gasteiger partial charge in [0.1, 0.15) is 4.91 Å². The second-order valence-electron chi connectivity index (χ2n) is 6.71. The van der Waals surface area contributed by atoms with E-state index in [-0.39, 0.29) is 17.4 Å². The van der Waals surface area contributed by atoms with Crippen LogP contribution in [0, 0.1) is 0 Å². The molecule has 1 atom stereocenters. The maximum absolute atomic E-state index is 12.8. The highest BCUT2D eigenvalue weighted by Gasteiger charge is 2.29. The van der Waals surface area contributed by atoms with Crippen LogP contribution in [0.15, 0.2) is 83.9 Å². The van der Waals surface area contributed by atoms with Gasteiger partial charge in [-0.15, -0.1) is 0 Å². The Bertz CT molecular complexity index is 1160. The third kappa shape index (κ3) is 4.80. The Hall–Kier alpha value is -3.12. The molecule has 5 N–H and O–H groups in total. The summed E-state index contributed by atoms with van der Waals surface area (Å²) in [5, 5.41) is 2.78. The largest absolute Gasteiger partial charge is 0.323 e. The number of benzene rings is 1. The SMILES string of the molecule is NC(CNS(=O)(=O)C1=CC=CN2SNC=C12)c1ccc(C(=O)Nc2ccncc2)cc1. The zero-order valence-electron chi connectivity index (χ0n) is 16.2. The zero-order valence-corrected chi connectivity index (χ0v) is 17.9. The number of amides is 1. The number of rotatable bonds is 7. The van der Waals surface area contributed by atoms with Gasteiger partial charge < -0.3 is 15.8 Å². The van der Waals surface area contributed by atoms with Crippen molar-refractivity contribution in [1.29, 1.82) is 0 Å². The van der Waals surface area contributed by atoms with Gasteiger partial charge >= 0.3 is 0 Å². The number of hydrogen-bond acceptors (Lipinski definition) is 8. The molecule has 2 aliphatic heterocycles. The summed E-state index contributed by atoms with van der Waals surface area (Å²) >= 11 is 1.28.